The molecule has 1 fully saturated rings. The van der Waals surface area contributed by atoms with Crippen LogP contribution in [-0.4, -0.2) is 6.54 Å². The second-order valence-corrected chi connectivity index (χ2v) is 6.29. The van der Waals surface area contributed by atoms with Crippen LogP contribution in [0.3, 0.4) is 0 Å². The number of hydrogen-bond acceptors (Lipinski definition) is 1. The van der Waals surface area contributed by atoms with Gasteiger partial charge in [-0.1, -0.05) is 77.6 Å². The molecule has 0 aliphatic heterocycles. The first kappa shape index (κ1) is 16.0. The van der Waals surface area contributed by atoms with E-state index in [1.165, 1.54) is 83.5 Å². The van der Waals surface area contributed by atoms with Gasteiger partial charge in [0.1, 0.15) is 0 Å². The van der Waals surface area contributed by atoms with Crippen LogP contribution in [0.25, 0.3) is 0 Å². The zero-order valence-corrected chi connectivity index (χ0v) is 12.6. The van der Waals surface area contributed by atoms with Gasteiger partial charge in [-0.3, -0.25) is 0 Å². The van der Waals surface area contributed by atoms with Crippen LogP contribution in [0.2, 0.25) is 0 Å². The summed E-state index contributed by atoms with van der Waals surface area (Å²) in [5, 5.41) is 0. The van der Waals surface area contributed by atoms with Crippen molar-refractivity contribution in [2.45, 2.75) is 90.4 Å². The van der Waals surface area contributed by atoms with Crippen molar-refractivity contribution in [1.29, 1.82) is 0 Å². The molecular formula is C17H35N. The van der Waals surface area contributed by atoms with E-state index in [1.54, 1.807) is 0 Å². The molecule has 0 bridgehead atoms. The molecule has 0 aromatic rings. The minimum atomic E-state index is 0.884. The lowest BCUT2D eigenvalue weighted by Gasteiger charge is -2.27. The normalized spacial score (nSPS) is 21.0. The van der Waals surface area contributed by atoms with Crippen LogP contribution in [0.1, 0.15) is 90.4 Å². The fourth-order valence-electron chi connectivity index (χ4n) is 3.60. The third-order valence-electron chi connectivity index (χ3n) is 4.77. The van der Waals surface area contributed by atoms with Gasteiger partial charge < -0.3 is 5.73 Å². The number of hydrogen-bond donors (Lipinski definition) is 1. The molecule has 1 aliphatic rings. The summed E-state index contributed by atoms with van der Waals surface area (Å²) < 4.78 is 0. The molecule has 1 rings (SSSR count). The van der Waals surface area contributed by atoms with Gasteiger partial charge in [0.15, 0.2) is 0 Å². The molecule has 0 spiro atoms. The minimum Gasteiger partial charge on any atom is -0.330 e. The van der Waals surface area contributed by atoms with Gasteiger partial charge in [0, 0.05) is 0 Å². The maximum Gasteiger partial charge on any atom is -0.00772 e. The van der Waals surface area contributed by atoms with E-state index >= 15 is 0 Å². The molecular weight excluding hydrogens is 218 g/mol. The first-order valence-electron chi connectivity index (χ1n) is 8.58. The Morgan fingerprint density at radius 2 is 1.44 bits per heavy atom. The van der Waals surface area contributed by atoms with Crippen molar-refractivity contribution in [2.75, 3.05) is 6.54 Å². The number of unbranched alkanes of at least 4 members (excludes halogenated alkanes) is 1. The summed E-state index contributed by atoms with van der Waals surface area (Å²) in [5.74, 6) is 1.99. The minimum absolute atomic E-state index is 0.884. The summed E-state index contributed by atoms with van der Waals surface area (Å²) in [7, 11) is 0. The Bertz CT molecular complexity index is 160. The lowest BCUT2D eigenvalue weighted by Crippen LogP contribution is -2.17. The van der Waals surface area contributed by atoms with Crippen molar-refractivity contribution >= 4 is 0 Å². The smallest absolute Gasteiger partial charge is 0.00772 e. The van der Waals surface area contributed by atoms with E-state index in [0.717, 1.165) is 18.4 Å². The fourth-order valence-corrected chi connectivity index (χ4v) is 3.60. The molecule has 0 radical (unpaired) electrons. The second-order valence-electron chi connectivity index (χ2n) is 6.29. The second kappa shape index (κ2) is 10.8. The molecule has 2 N–H and O–H groups in total. The van der Waals surface area contributed by atoms with Gasteiger partial charge in [0.2, 0.25) is 0 Å². The monoisotopic (exact) mass is 253 g/mol. The van der Waals surface area contributed by atoms with E-state index in [9.17, 15) is 0 Å². The Morgan fingerprint density at radius 3 is 2.00 bits per heavy atom. The van der Waals surface area contributed by atoms with E-state index < -0.39 is 0 Å². The molecule has 1 atom stereocenters. The highest BCUT2D eigenvalue weighted by atomic mass is 14.5. The quantitative estimate of drug-likeness (QED) is 0.656. The van der Waals surface area contributed by atoms with Crippen molar-refractivity contribution in [2.24, 2.45) is 17.6 Å². The fraction of sp³-hybridized carbons (Fsp3) is 1.00. The third-order valence-corrected chi connectivity index (χ3v) is 4.77. The topological polar surface area (TPSA) is 26.0 Å². The van der Waals surface area contributed by atoms with Crippen LogP contribution >= 0.6 is 0 Å². The van der Waals surface area contributed by atoms with E-state index in [4.69, 9.17) is 5.73 Å². The first-order chi connectivity index (χ1) is 8.88. The van der Waals surface area contributed by atoms with Gasteiger partial charge in [-0.15, -0.1) is 0 Å². The SMILES string of the molecule is CCCCC(CCCN)C1CCCCCCCC1. The lowest BCUT2D eigenvalue weighted by atomic mass is 9.79. The van der Waals surface area contributed by atoms with E-state index in [0.29, 0.717) is 0 Å². The molecule has 108 valence electrons. The van der Waals surface area contributed by atoms with Gasteiger partial charge in [-0.05, 0) is 31.2 Å². The van der Waals surface area contributed by atoms with Crippen LogP contribution in [0.4, 0.5) is 0 Å². The van der Waals surface area contributed by atoms with Gasteiger partial charge in [-0.25, -0.2) is 0 Å². The van der Waals surface area contributed by atoms with E-state index in [1.807, 2.05) is 0 Å². The van der Waals surface area contributed by atoms with Crippen molar-refractivity contribution < 1.29 is 0 Å². The van der Waals surface area contributed by atoms with Gasteiger partial charge in [0.25, 0.3) is 0 Å². The molecule has 0 aromatic carbocycles. The predicted molar refractivity (Wildman–Crippen MR) is 81.7 cm³/mol. The summed E-state index contributed by atoms with van der Waals surface area (Å²) in [5.41, 5.74) is 5.72. The highest BCUT2D eigenvalue weighted by Gasteiger charge is 2.20. The van der Waals surface area contributed by atoms with Crippen LogP contribution in [0, 0.1) is 11.8 Å². The molecule has 1 aliphatic carbocycles. The first-order valence-corrected chi connectivity index (χ1v) is 8.58. The average molecular weight is 253 g/mol. The van der Waals surface area contributed by atoms with Crippen LogP contribution in [-0.2, 0) is 0 Å². The molecule has 1 saturated carbocycles. The van der Waals surface area contributed by atoms with Gasteiger partial charge >= 0.3 is 0 Å². The lowest BCUT2D eigenvalue weighted by molar-refractivity contribution is 0.246. The predicted octanol–water partition coefficient (Wildman–Crippen LogP) is 5.28. The van der Waals surface area contributed by atoms with E-state index in [2.05, 4.69) is 6.92 Å². The van der Waals surface area contributed by atoms with Crippen LogP contribution < -0.4 is 5.73 Å². The summed E-state index contributed by atoms with van der Waals surface area (Å²) >= 11 is 0. The molecule has 1 heteroatoms. The molecule has 18 heavy (non-hydrogen) atoms. The molecule has 0 amide bonds. The highest BCUT2D eigenvalue weighted by molar-refractivity contribution is 4.72. The van der Waals surface area contributed by atoms with Crippen molar-refractivity contribution in [3.8, 4) is 0 Å². The molecule has 0 aromatic heterocycles. The maximum absolute atomic E-state index is 5.72. The molecule has 0 saturated heterocycles. The summed E-state index contributed by atoms with van der Waals surface area (Å²) in [6.45, 7) is 3.21. The van der Waals surface area contributed by atoms with Crippen LogP contribution in [0.15, 0.2) is 0 Å². The Labute approximate surface area is 115 Å². The van der Waals surface area contributed by atoms with Crippen molar-refractivity contribution in [3.05, 3.63) is 0 Å². The highest BCUT2D eigenvalue weighted by Crippen LogP contribution is 2.33. The largest absolute Gasteiger partial charge is 0.330 e. The Kier molecular flexibility index (Phi) is 9.65. The van der Waals surface area contributed by atoms with Crippen molar-refractivity contribution in [1.82, 2.24) is 0 Å². The summed E-state index contributed by atoms with van der Waals surface area (Å²) in [6, 6.07) is 0. The summed E-state index contributed by atoms with van der Waals surface area (Å²) in [6.07, 6.45) is 18.8. The number of rotatable bonds is 7. The molecule has 0 heterocycles. The molecule has 1 nitrogen and oxygen atoms in total. The van der Waals surface area contributed by atoms with Gasteiger partial charge in [-0.2, -0.15) is 0 Å². The van der Waals surface area contributed by atoms with Gasteiger partial charge in [0.05, 0.1) is 0 Å². The Hall–Kier alpha value is -0.0400. The number of nitrogens with two attached hydrogens (primary N) is 1. The average Bonchev–Trinajstić information content (AvgIpc) is 2.52. The Morgan fingerprint density at radius 1 is 0.889 bits per heavy atom. The Balaban J connectivity index is 2.43. The van der Waals surface area contributed by atoms with E-state index in [-0.39, 0.29) is 0 Å². The third kappa shape index (κ3) is 6.78. The standard InChI is InChI=1S/C17H35N/c1-2-3-11-16(14-10-15-18)17-12-8-6-4-5-7-9-13-17/h16-17H,2-15,18H2,1H3. The molecule has 1 unspecified atom stereocenters. The van der Waals surface area contributed by atoms with Crippen LogP contribution in [0.5, 0.6) is 0 Å². The summed E-state index contributed by atoms with van der Waals surface area (Å²) in [4.78, 5) is 0. The zero-order chi connectivity index (χ0) is 13.1. The maximum atomic E-state index is 5.72. The van der Waals surface area contributed by atoms with Crippen molar-refractivity contribution in [3.63, 3.8) is 0 Å². The zero-order valence-electron chi connectivity index (χ0n) is 12.6.